The number of benzene rings is 1. The molecule has 4 nitrogen and oxygen atoms in total. The Labute approximate surface area is 139 Å². The number of ether oxygens (including phenoxy) is 1. The Hall–Kier alpha value is -1.26. The second-order valence-corrected chi connectivity index (χ2v) is 5.71. The minimum absolute atomic E-state index is 0. The average Bonchev–Trinajstić information content (AvgIpc) is 2.92. The lowest BCUT2D eigenvalue weighted by Gasteiger charge is -2.24. The van der Waals surface area contributed by atoms with Crippen LogP contribution in [0.5, 0.6) is 5.75 Å². The molecule has 0 saturated carbocycles. The lowest BCUT2D eigenvalue weighted by atomic mass is 10.2. The molecule has 0 aliphatic carbocycles. The maximum atomic E-state index is 12.2. The first-order valence-corrected chi connectivity index (χ1v) is 7.84. The second-order valence-electron chi connectivity index (χ2n) is 5.71. The Morgan fingerprint density at radius 1 is 1.45 bits per heavy atom. The highest BCUT2D eigenvalue weighted by molar-refractivity contribution is 5.85. The Kier molecular flexibility index (Phi) is 8.28. The van der Waals surface area contributed by atoms with Crippen molar-refractivity contribution >= 4 is 18.3 Å². The van der Waals surface area contributed by atoms with Crippen LogP contribution < -0.4 is 10.1 Å². The SMILES string of the molecule is CNCC1CCCN1C(=O)CCCOc1cccc(C)c1.Cl. The van der Waals surface area contributed by atoms with Gasteiger partial charge in [0, 0.05) is 25.6 Å². The molecule has 0 bridgehead atoms. The molecule has 0 aromatic heterocycles. The van der Waals surface area contributed by atoms with E-state index in [-0.39, 0.29) is 18.3 Å². The summed E-state index contributed by atoms with van der Waals surface area (Å²) in [6.07, 6.45) is 3.59. The highest BCUT2D eigenvalue weighted by Crippen LogP contribution is 2.18. The monoisotopic (exact) mass is 326 g/mol. The predicted molar refractivity (Wildman–Crippen MR) is 91.8 cm³/mol. The molecule has 1 aliphatic heterocycles. The van der Waals surface area contributed by atoms with Gasteiger partial charge < -0.3 is 15.0 Å². The van der Waals surface area contributed by atoms with Crippen LogP contribution in [0.1, 0.15) is 31.2 Å². The maximum Gasteiger partial charge on any atom is 0.222 e. The van der Waals surface area contributed by atoms with E-state index in [1.807, 2.05) is 43.1 Å². The number of carbonyl (C=O) groups is 1. The molecule has 1 aromatic carbocycles. The summed E-state index contributed by atoms with van der Waals surface area (Å²) >= 11 is 0. The fourth-order valence-electron chi connectivity index (χ4n) is 2.87. The third kappa shape index (κ3) is 5.50. The molecule has 2 rings (SSSR count). The van der Waals surface area contributed by atoms with E-state index in [9.17, 15) is 4.79 Å². The fraction of sp³-hybridized carbons (Fsp3) is 0.588. The van der Waals surface area contributed by atoms with Crippen molar-refractivity contribution in [1.29, 1.82) is 0 Å². The lowest BCUT2D eigenvalue weighted by Crippen LogP contribution is -2.40. The van der Waals surface area contributed by atoms with Crippen LogP contribution in [-0.4, -0.2) is 43.6 Å². The van der Waals surface area contributed by atoms with E-state index in [4.69, 9.17) is 4.74 Å². The normalized spacial score (nSPS) is 17.2. The quantitative estimate of drug-likeness (QED) is 0.783. The highest BCUT2D eigenvalue weighted by atomic mass is 35.5. The fourth-order valence-corrected chi connectivity index (χ4v) is 2.87. The number of likely N-dealkylation sites (tertiary alicyclic amines) is 1. The zero-order valence-corrected chi connectivity index (χ0v) is 14.3. The number of aryl methyl sites for hydroxylation is 1. The first-order valence-electron chi connectivity index (χ1n) is 7.84. The summed E-state index contributed by atoms with van der Waals surface area (Å²) in [5.41, 5.74) is 1.19. The van der Waals surface area contributed by atoms with Crippen LogP contribution in [0, 0.1) is 6.92 Å². The smallest absolute Gasteiger partial charge is 0.222 e. The molecule has 1 atom stereocenters. The molecule has 124 valence electrons. The number of hydrogen-bond donors (Lipinski definition) is 1. The minimum atomic E-state index is 0. The van der Waals surface area contributed by atoms with E-state index in [1.165, 1.54) is 5.56 Å². The van der Waals surface area contributed by atoms with Gasteiger partial charge in [0.2, 0.25) is 5.91 Å². The number of nitrogens with one attached hydrogen (secondary N) is 1. The van der Waals surface area contributed by atoms with Crippen LogP contribution in [0.2, 0.25) is 0 Å². The van der Waals surface area contributed by atoms with Gasteiger partial charge in [0.15, 0.2) is 0 Å². The van der Waals surface area contributed by atoms with Gasteiger partial charge in [0.1, 0.15) is 5.75 Å². The number of likely N-dealkylation sites (N-methyl/N-ethyl adjacent to an activating group) is 1. The number of rotatable bonds is 7. The van der Waals surface area contributed by atoms with Gasteiger partial charge in [-0.1, -0.05) is 12.1 Å². The largest absolute Gasteiger partial charge is 0.494 e. The van der Waals surface area contributed by atoms with E-state index < -0.39 is 0 Å². The summed E-state index contributed by atoms with van der Waals surface area (Å²) < 4.78 is 5.69. The molecule has 22 heavy (non-hydrogen) atoms. The number of nitrogens with zero attached hydrogens (tertiary/aromatic N) is 1. The first kappa shape index (κ1) is 18.8. The molecule has 1 unspecified atom stereocenters. The van der Waals surface area contributed by atoms with Crippen LogP contribution in [0.4, 0.5) is 0 Å². The minimum Gasteiger partial charge on any atom is -0.494 e. The summed E-state index contributed by atoms with van der Waals surface area (Å²) in [6, 6.07) is 8.39. The zero-order valence-electron chi connectivity index (χ0n) is 13.5. The first-order chi connectivity index (χ1) is 10.2. The number of halogens is 1. The predicted octanol–water partition coefficient (Wildman–Crippen LogP) is 2.79. The Morgan fingerprint density at radius 3 is 3.00 bits per heavy atom. The lowest BCUT2D eigenvalue weighted by molar-refractivity contribution is -0.132. The van der Waals surface area contributed by atoms with Crippen molar-refractivity contribution in [2.45, 2.75) is 38.6 Å². The maximum absolute atomic E-state index is 12.2. The highest BCUT2D eigenvalue weighted by Gasteiger charge is 2.27. The van der Waals surface area contributed by atoms with Crippen molar-refractivity contribution in [1.82, 2.24) is 10.2 Å². The van der Waals surface area contributed by atoms with Gasteiger partial charge >= 0.3 is 0 Å². The van der Waals surface area contributed by atoms with Gasteiger partial charge in [-0.25, -0.2) is 0 Å². The summed E-state index contributed by atoms with van der Waals surface area (Å²) in [5, 5.41) is 3.17. The molecule has 1 saturated heterocycles. The molecule has 1 aliphatic rings. The van der Waals surface area contributed by atoms with Crippen molar-refractivity contribution in [3.63, 3.8) is 0 Å². The molecule has 5 heteroatoms. The third-order valence-corrected chi connectivity index (χ3v) is 3.93. The molecule has 1 N–H and O–H groups in total. The van der Waals surface area contributed by atoms with Crippen molar-refractivity contribution in [2.75, 3.05) is 26.7 Å². The summed E-state index contributed by atoms with van der Waals surface area (Å²) in [4.78, 5) is 14.3. The van der Waals surface area contributed by atoms with Gasteiger partial charge in [-0.3, -0.25) is 4.79 Å². The van der Waals surface area contributed by atoms with Crippen molar-refractivity contribution in [2.24, 2.45) is 0 Å². The molecular weight excluding hydrogens is 300 g/mol. The number of amides is 1. The summed E-state index contributed by atoms with van der Waals surface area (Å²) in [7, 11) is 1.94. The van der Waals surface area contributed by atoms with E-state index in [0.717, 1.165) is 38.1 Å². The van der Waals surface area contributed by atoms with Crippen molar-refractivity contribution < 1.29 is 9.53 Å². The van der Waals surface area contributed by atoms with Crippen molar-refractivity contribution in [3.8, 4) is 5.75 Å². The Morgan fingerprint density at radius 2 is 2.27 bits per heavy atom. The zero-order chi connectivity index (χ0) is 15.1. The van der Waals surface area contributed by atoms with Gasteiger partial charge in [-0.05, 0) is 50.9 Å². The van der Waals surface area contributed by atoms with Gasteiger partial charge in [-0.2, -0.15) is 0 Å². The Balaban J connectivity index is 0.00000242. The second kappa shape index (κ2) is 9.70. The van der Waals surface area contributed by atoms with E-state index in [1.54, 1.807) is 0 Å². The van der Waals surface area contributed by atoms with Gasteiger partial charge in [-0.15, -0.1) is 12.4 Å². The average molecular weight is 327 g/mol. The Bertz CT molecular complexity index is 468. The molecule has 1 heterocycles. The molecule has 0 spiro atoms. The number of carbonyl (C=O) groups excluding carboxylic acids is 1. The van der Waals surface area contributed by atoms with Crippen molar-refractivity contribution in [3.05, 3.63) is 29.8 Å². The third-order valence-electron chi connectivity index (χ3n) is 3.93. The molecule has 1 aromatic rings. The van der Waals surface area contributed by atoms with Crippen LogP contribution in [0.15, 0.2) is 24.3 Å². The molecular formula is C17H27ClN2O2. The van der Waals surface area contributed by atoms with Gasteiger partial charge in [0.05, 0.1) is 6.61 Å². The molecule has 1 amide bonds. The van der Waals surface area contributed by atoms with E-state index >= 15 is 0 Å². The van der Waals surface area contributed by atoms with Crippen LogP contribution in [-0.2, 0) is 4.79 Å². The standard InChI is InChI=1S/C17H26N2O2.ClH/c1-14-6-3-8-16(12-14)21-11-5-9-17(20)19-10-4-7-15(19)13-18-2;/h3,6,8,12,15,18H,4-5,7,9-11,13H2,1-2H3;1H. The van der Waals surface area contributed by atoms with Crippen LogP contribution >= 0.6 is 12.4 Å². The topological polar surface area (TPSA) is 41.6 Å². The summed E-state index contributed by atoms with van der Waals surface area (Å²) in [6.45, 7) is 4.45. The summed E-state index contributed by atoms with van der Waals surface area (Å²) in [5.74, 6) is 1.15. The van der Waals surface area contributed by atoms with Crippen LogP contribution in [0.25, 0.3) is 0 Å². The molecule has 0 radical (unpaired) electrons. The number of hydrogen-bond acceptors (Lipinski definition) is 3. The van der Waals surface area contributed by atoms with E-state index in [0.29, 0.717) is 19.1 Å². The van der Waals surface area contributed by atoms with E-state index in [2.05, 4.69) is 5.32 Å². The molecule has 1 fully saturated rings. The van der Waals surface area contributed by atoms with Gasteiger partial charge in [0.25, 0.3) is 0 Å². The van der Waals surface area contributed by atoms with Crippen LogP contribution in [0.3, 0.4) is 0 Å².